The highest BCUT2D eigenvalue weighted by atomic mass is 79.9. The van der Waals surface area contributed by atoms with E-state index in [1.807, 2.05) is 37.9 Å². The Kier molecular flexibility index (Phi) is 7.71. The van der Waals surface area contributed by atoms with Crippen LogP contribution in [-0.4, -0.2) is 12.3 Å². The summed E-state index contributed by atoms with van der Waals surface area (Å²) in [5.41, 5.74) is 1.02. The molecule has 0 bridgehead atoms. The van der Waals surface area contributed by atoms with Gasteiger partial charge in [-0.2, -0.15) is 0 Å². The summed E-state index contributed by atoms with van der Waals surface area (Å²) in [4.78, 5) is 6.13. The van der Waals surface area contributed by atoms with Gasteiger partial charge in [0.1, 0.15) is 0 Å². The lowest BCUT2D eigenvalue weighted by Gasteiger charge is -2.22. The lowest BCUT2D eigenvalue weighted by Crippen LogP contribution is -2.19. The second-order valence-corrected chi connectivity index (χ2v) is 3.82. The van der Waals surface area contributed by atoms with E-state index in [0.717, 1.165) is 10.6 Å². The van der Waals surface area contributed by atoms with E-state index in [-0.39, 0.29) is 12.0 Å². The van der Waals surface area contributed by atoms with Gasteiger partial charge in [-0.15, -0.1) is 6.58 Å². The van der Waals surface area contributed by atoms with Crippen molar-refractivity contribution in [2.45, 2.75) is 26.8 Å². The zero-order chi connectivity index (χ0) is 11.8. The molecule has 84 valence electrons. The van der Waals surface area contributed by atoms with Crippen LogP contribution in [-0.2, 0) is 0 Å². The smallest absolute Gasteiger partial charge is 0.0789 e. The highest BCUT2D eigenvalue weighted by Gasteiger charge is 2.22. The fourth-order valence-electron chi connectivity index (χ4n) is 1.25. The average molecular weight is 291 g/mol. The van der Waals surface area contributed by atoms with Crippen molar-refractivity contribution >= 4 is 33.7 Å². The van der Waals surface area contributed by atoms with Crippen LogP contribution in [0.5, 0.6) is 0 Å². The minimum atomic E-state index is 0.0602. The monoisotopic (exact) mass is 289 g/mol. The molecule has 1 aliphatic rings. The fourth-order valence-corrected chi connectivity index (χ4v) is 1.83. The Labute approximate surface area is 106 Å². The summed E-state index contributed by atoms with van der Waals surface area (Å²) in [6.45, 7) is 9.69. The Balaban J connectivity index is 0.000000921. The standard InChI is InChI=1S/C10H11BrClN.C2H6/c1-3-9-8(4-5-11)10(12)7(2)6-13-9;1-2/h3-6,8-9H,1H2,2H3;1-2H3/b5-4+;. The first-order valence-electron chi connectivity index (χ1n) is 4.99. The highest BCUT2D eigenvalue weighted by molar-refractivity contribution is 9.11. The summed E-state index contributed by atoms with van der Waals surface area (Å²) >= 11 is 9.39. The van der Waals surface area contributed by atoms with Crippen LogP contribution in [0.1, 0.15) is 20.8 Å². The van der Waals surface area contributed by atoms with Crippen LogP contribution in [0.4, 0.5) is 0 Å². The van der Waals surface area contributed by atoms with E-state index in [4.69, 9.17) is 11.6 Å². The molecule has 2 unspecified atom stereocenters. The number of halogens is 2. The molecule has 0 aromatic heterocycles. The van der Waals surface area contributed by atoms with Crippen molar-refractivity contribution < 1.29 is 0 Å². The summed E-state index contributed by atoms with van der Waals surface area (Å²) < 4.78 is 0. The first-order valence-corrected chi connectivity index (χ1v) is 6.29. The molecule has 3 heteroatoms. The predicted octanol–water partition coefficient (Wildman–Crippen LogP) is 4.69. The largest absolute Gasteiger partial charge is 0.284 e. The molecule has 0 saturated carbocycles. The van der Waals surface area contributed by atoms with Gasteiger partial charge in [-0.25, -0.2) is 0 Å². The number of hydrogen-bond acceptors (Lipinski definition) is 1. The molecule has 2 atom stereocenters. The van der Waals surface area contributed by atoms with Crippen molar-refractivity contribution in [1.29, 1.82) is 0 Å². The molecular formula is C12H17BrClN. The number of aliphatic imine (C=N–C) groups is 1. The van der Waals surface area contributed by atoms with Gasteiger partial charge in [0, 0.05) is 17.2 Å². The van der Waals surface area contributed by atoms with Crippen molar-refractivity contribution in [3.8, 4) is 0 Å². The van der Waals surface area contributed by atoms with E-state index in [0.29, 0.717) is 0 Å². The van der Waals surface area contributed by atoms with Gasteiger partial charge < -0.3 is 0 Å². The van der Waals surface area contributed by atoms with E-state index in [1.54, 1.807) is 6.21 Å². The van der Waals surface area contributed by atoms with E-state index in [1.165, 1.54) is 0 Å². The topological polar surface area (TPSA) is 12.4 Å². The lowest BCUT2D eigenvalue weighted by atomic mass is 9.95. The number of nitrogens with zero attached hydrogens (tertiary/aromatic N) is 1. The summed E-state index contributed by atoms with van der Waals surface area (Å²) in [5.74, 6) is 0.128. The number of rotatable bonds is 2. The van der Waals surface area contributed by atoms with E-state index < -0.39 is 0 Å². The van der Waals surface area contributed by atoms with Gasteiger partial charge in [-0.3, -0.25) is 4.99 Å². The average Bonchev–Trinajstić information content (AvgIpc) is 2.28. The van der Waals surface area contributed by atoms with Crippen LogP contribution in [0.3, 0.4) is 0 Å². The Bertz CT molecular complexity index is 292. The highest BCUT2D eigenvalue weighted by Crippen LogP contribution is 2.29. The molecule has 0 aromatic rings. The van der Waals surface area contributed by atoms with Crippen LogP contribution in [0, 0.1) is 5.92 Å². The number of dihydropyridines is 1. The van der Waals surface area contributed by atoms with Crippen LogP contribution in [0.25, 0.3) is 0 Å². The van der Waals surface area contributed by atoms with Gasteiger partial charge in [0.15, 0.2) is 0 Å². The molecule has 1 nitrogen and oxygen atoms in total. The summed E-state index contributed by atoms with van der Waals surface area (Å²) in [5, 5.41) is 0.843. The van der Waals surface area contributed by atoms with Gasteiger partial charge in [-0.1, -0.05) is 53.5 Å². The van der Waals surface area contributed by atoms with E-state index >= 15 is 0 Å². The quantitative estimate of drug-likeness (QED) is 0.654. The minimum absolute atomic E-state index is 0.0602. The minimum Gasteiger partial charge on any atom is -0.284 e. The third kappa shape index (κ3) is 3.96. The first kappa shape index (κ1) is 14.7. The van der Waals surface area contributed by atoms with Gasteiger partial charge in [-0.05, 0) is 17.5 Å². The normalized spacial score (nSPS) is 25.1. The molecule has 0 aromatic carbocycles. The molecule has 0 fully saturated rings. The second kappa shape index (κ2) is 7.89. The molecule has 1 rings (SSSR count). The maximum Gasteiger partial charge on any atom is 0.0789 e. The van der Waals surface area contributed by atoms with Gasteiger partial charge >= 0.3 is 0 Å². The number of hydrogen-bond donors (Lipinski definition) is 0. The Hall–Kier alpha value is -0.340. The predicted molar refractivity (Wildman–Crippen MR) is 73.9 cm³/mol. The molecule has 0 amide bonds. The molecular weight excluding hydrogens is 273 g/mol. The van der Waals surface area contributed by atoms with Crippen LogP contribution in [0.2, 0.25) is 0 Å². The van der Waals surface area contributed by atoms with E-state index in [2.05, 4.69) is 27.5 Å². The SMILES string of the molecule is C=CC1N=CC(C)=C(Cl)C1/C=C/Br.CC. The first-order chi connectivity index (χ1) is 7.20. The van der Waals surface area contributed by atoms with Crippen molar-refractivity contribution in [1.82, 2.24) is 0 Å². The molecule has 0 radical (unpaired) electrons. The van der Waals surface area contributed by atoms with Crippen LogP contribution in [0.15, 0.2) is 39.3 Å². The molecule has 0 spiro atoms. The fraction of sp³-hybridized carbons (Fsp3) is 0.417. The summed E-state index contributed by atoms with van der Waals surface area (Å²) in [7, 11) is 0. The molecule has 1 aliphatic heterocycles. The summed E-state index contributed by atoms with van der Waals surface area (Å²) in [6, 6.07) is 0.0602. The molecule has 0 N–H and O–H groups in total. The van der Waals surface area contributed by atoms with Gasteiger partial charge in [0.05, 0.1) is 6.04 Å². The van der Waals surface area contributed by atoms with Crippen molar-refractivity contribution in [3.63, 3.8) is 0 Å². The maximum absolute atomic E-state index is 6.15. The van der Waals surface area contributed by atoms with Crippen LogP contribution < -0.4 is 0 Å². The maximum atomic E-state index is 6.15. The molecule has 0 aliphatic carbocycles. The van der Waals surface area contributed by atoms with Crippen LogP contribution >= 0.6 is 27.5 Å². The Morgan fingerprint density at radius 3 is 2.60 bits per heavy atom. The lowest BCUT2D eigenvalue weighted by molar-refractivity contribution is 0.675. The van der Waals surface area contributed by atoms with Gasteiger partial charge in [0.25, 0.3) is 0 Å². The third-order valence-corrected chi connectivity index (χ3v) is 2.85. The zero-order valence-electron chi connectivity index (χ0n) is 9.37. The Morgan fingerprint density at radius 2 is 2.13 bits per heavy atom. The van der Waals surface area contributed by atoms with Crippen molar-refractivity contribution in [2.75, 3.05) is 0 Å². The van der Waals surface area contributed by atoms with Crippen molar-refractivity contribution in [3.05, 3.63) is 34.3 Å². The van der Waals surface area contributed by atoms with E-state index in [9.17, 15) is 0 Å². The third-order valence-electron chi connectivity index (χ3n) is 2.00. The summed E-state index contributed by atoms with van der Waals surface area (Å²) in [6.07, 6.45) is 5.59. The second-order valence-electron chi connectivity index (χ2n) is 2.88. The molecule has 0 saturated heterocycles. The molecule has 1 heterocycles. The number of allylic oxidation sites excluding steroid dienone is 1. The Morgan fingerprint density at radius 1 is 1.53 bits per heavy atom. The molecule has 15 heavy (non-hydrogen) atoms. The van der Waals surface area contributed by atoms with Gasteiger partial charge in [0.2, 0.25) is 0 Å². The van der Waals surface area contributed by atoms with Crippen molar-refractivity contribution in [2.24, 2.45) is 10.9 Å². The zero-order valence-corrected chi connectivity index (χ0v) is 11.7.